The van der Waals surface area contributed by atoms with Crippen LogP contribution in [0.1, 0.15) is 83.9 Å². The van der Waals surface area contributed by atoms with Gasteiger partial charge in [-0.2, -0.15) is 0 Å². The molecule has 1 saturated carbocycles. The fourth-order valence-electron chi connectivity index (χ4n) is 4.31. The second-order valence-electron chi connectivity index (χ2n) is 7.90. The molecule has 0 bridgehead atoms. The molecule has 1 aromatic heterocycles. The van der Waals surface area contributed by atoms with Gasteiger partial charge in [-0.15, -0.1) is 0 Å². The predicted octanol–water partition coefficient (Wildman–Crippen LogP) is 3.38. The van der Waals surface area contributed by atoms with Gasteiger partial charge in [0, 0.05) is 12.6 Å². The number of carbonyl (C=O) groups excluding carboxylic acids is 2. The zero-order valence-corrected chi connectivity index (χ0v) is 16.4. The molecule has 2 heterocycles. The molecule has 2 N–H and O–H groups in total. The van der Waals surface area contributed by atoms with E-state index in [0.29, 0.717) is 11.5 Å². The summed E-state index contributed by atoms with van der Waals surface area (Å²) in [5, 5.41) is 6.15. The van der Waals surface area contributed by atoms with E-state index in [2.05, 4.69) is 15.6 Å². The largest absolute Gasteiger partial charge is 0.348 e. The minimum absolute atomic E-state index is 0.124. The zero-order chi connectivity index (χ0) is 19.5. The van der Waals surface area contributed by atoms with Crippen molar-refractivity contribution in [3.8, 4) is 0 Å². The third-order valence-corrected chi connectivity index (χ3v) is 5.87. The number of nitrogens with zero attached hydrogens (tertiary/aromatic N) is 2. The first-order valence-electron chi connectivity index (χ1n) is 10.4. The summed E-state index contributed by atoms with van der Waals surface area (Å²) in [6.07, 6.45) is 7.21. The highest BCUT2D eigenvalue weighted by molar-refractivity contribution is 5.97. The number of amides is 2. The van der Waals surface area contributed by atoms with E-state index in [-0.39, 0.29) is 23.9 Å². The topological polar surface area (TPSA) is 76.0 Å². The summed E-state index contributed by atoms with van der Waals surface area (Å²) in [5.41, 5.74) is 2.38. The van der Waals surface area contributed by atoms with Crippen molar-refractivity contribution in [1.29, 1.82) is 0 Å². The Morgan fingerprint density at radius 1 is 1.07 bits per heavy atom. The smallest absolute Gasteiger partial charge is 0.287 e. The molecular weight excluding hydrogens is 352 g/mol. The van der Waals surface area contributed by atoms with Crippen molar-refractivity contribution in [2.24, 2.45) is 0 Å². The molecule has 6 nitrogen and oxygen atoms in total. The highest BCUT2D eigenvalue weighted by atomic mass is 16.2. The Bertz CT molecular complexity index is 853. The SMILES string of the molecule is CC(NC(=O)c1nc(C(=O)NC2CCCC2)c2n1CCCC2)c1ccccc1. The minimum Gasteiger partial charge on any atom is -0.348 e. The third-order valence-electron chi connectivity index (χ3n) is 5.87. The number of imidazole rings is 1. The van der Waals surface area contributed by atoms with E-state index in [1.807, 2.05) is 41.8 Å². The number of benzene rings is 1. The van der Waals surface area contributed by atoms with Crippen molar-refractivity contribution in [3.05, 3.63) is 53.1 Å². The summed E-state index contributed by atoms with van der Waals surface area (Å²) in [6.45, 7) is 2.70. The molecule has 2 amide bonds. The molecule has 28 heavy (non-hydrogen) atoms. The molecule has 0 saturated heterocycles. The monoisotopic (exact) mass is 380 g/mol. The lowest BCUT2D eigenvalue weighted by Gasteiger charge is -2.19. The maximum absolute atomic E-state index is 13.0. The average Bonchev–Trinajstić information content (AvgIpc) is 3.36. The second-order valence-corrected chi connectivity index (χ2v) is 7.90. The number of hydrogen-bond acceptors (Lipinski definition) is 3. The van der Waals surface area contributed by atoms with E-state index in [1.165, 1.54) is 0 Å². The van der Waals surface area contributed by atoms with Gasteiger partial charge in [0.25, 0.3) is 11.8 Å². The Labute approximate surface area is 165 Å². The lowest BCUT2D eigenvalue weighted by Crippen LogP contribution is -2.33. The average molecular weight is 380 g/mol. The van der Waals surface area contributed by atoms with Crippen LogP contribution in [0.3, 0.4) is 0 Å². The van der Waals surface area contributed by atoms with Crippen molar-refractivity contribution in [1.82, 2.24) is 20.2 Å². The Balaban J connectivity index is 1.55. The summed E-state index contributed by atoms with van der Waals surface area (Å²) in [6, 6.07) is 9.98. The van der Waals surface area contributed by atoms with Gasteiger partial charge in [-0.3, -0.25) is 9.59 Å². The van der Waals surface area contributed by atoms with Crippen LogP contribution < -0.4 is 10.6 Å². The first kappa shape index (κ1) is 18.7. The predicted molar refractivity (Wildman–Crippen MR) is 107 cm³/mol. The van der Waals surface area contributed by atoms with Crippen molar-refractivity contribution in [2.45, 2.75) is 70.5 Å². The fourth-order valence-corrected chi connectivity index (χ4v) is 4.31. The molecule has 1 fully saturated rings. The van der Waals surface area contributed by atoms with Crippen LogP contribution in [0.2, 0.25) is 0 Å². The number of nitrogens with one attached hydrogen (secondary N) is 2. The standard InChI is InChI=1S/C22H28N4O2/c1-15(16-9-3-2-4-10-16)23-22(28)20-25-19(18-13-7-8-14-26(18)20)21(27)24-17-11-5-6-12-17/h2-4,9-10,15,17H,5-8,11-14H2,1H3,(H,23,28)(H,24,27). The van der Waals surface area contributed by atoms with E-state index in [1.54, 1.807) is 0 Å². The Kier molecular flexibility index (Phi) is 5.46. The molecule has 1 atom stereocenters. The molecule has 1 aliphatic heterocycles. The maximum atomic E-state index is 13.0. The van der Waals surface area contributed by atoms with Crippen molar-refractivity contribution in [2.75, 3.05) is 0 Å². The molecule has 0 spiro atoms. The van der Waals surface area contributed by atoms with Crippen molar-refractivity contribution < 1.29 is 9.59 Å². The molecule has 1 aliphatic carbocycles. The van der Waals surface area contributed by atoms with Crippen LogP contribution >= 0.6 is 0 Å². The highest BCUT2D eigenvalue weighted by Crippen LogP contribution is 2.23. The summed E-state index contributed by atoms with van der Waals surface area (Å²) < 4.78 is 1.94. The summed E-state index contributed by atoms with van der Waals surface area (Å²) in [4.78, 5) is 30.3. The molecule has 1 unspecified atom stereocenters. The minimum atomic E-state index is -0.223. The number of rotatable bonds is 5. The second kappa shape index (κ2) is 8.17. The summed E-state index contributed by atoms with van der Waals surface area (Å²) >= 11 is 0. The quantitative estimate of drug-likeness (QED) is 0.835. The molecule has 0 radical (unpaired) electrons. The zero-order valence-electron chi connectivity index (χ0n) is 16.4. The van der Waals surface area contributed by atoms with Gasteiger partial charge in [0.05, 0.1) is 11.7 Å². The van der Waals surface area contributed by atoms with E-state index < -0.39 is 0 Å². The Morgan fingerprint density at radius 3 is 2.57 bits per heavy atom. The summed E-state index contributed by atoms with van der Waals surface area (Å²) in [7, 11) is 0. The van der Waals surface area contributed by atoms with Gasteiger partial charge < -0.3 is 15.2 Å². The van der Waals surface area contributed by atoms with Crippen LogP contribution in [0.4, 0.5) is 0 Å². The number of carbonyl (C=O) groups is 2. The maximum Gasteiger partial charge on any atom is 0.287 e. The van der Waals surface area contributed by atoms with Crippen molar-refractivity contribution >= 4 is 11.8 Å². The molecule has 2 aromatic rings. The lowest BCUT2D eigenvalue weighted by molar-refractivity contribution is 0.0923. The molecule has 4 rings (SSSR count). The summed E-state index contributed by atoms with van der Waals surface area (Å²) in [5.74, 6) is 0.00109. The van der Waals surface area contributed by atoms with Gasteiger partial charge in [-0.1, -0.05) is 43.2 Å². The van der Waals surface area contributed by atoms with Crippen LogP contribution in [-0.4, -0.2) is 27.4 Å². The van der Waals surface area contributed by atoms with E-state index in [0.717, 1.165) is 62.7 Å². The highest BCUT2D eigenvalue weighted by Gasteiger charge is 2.29. The Hall–Kier alpha value is -2.63. The molecule has 6 heteroatoms. The first-order chi connectivity index (χ1) is 13.6. The molecule has 2 aliphatic rings. The number of hydrogen-bond donors (Lipinski definition) is 2. The Morgan fingerprint density at radius 2 is 1.82 bits per heavy atom. The van der Waals surface area contributed by atoms with E-state index in [4.69, 9.17) is 0 Å². The normalized spacial score (nSPS) is 17.8. The van der Waals surface area contributed by atoms with Crippen LogP contribution in [0, 0.1) is 0 Å². The van der Waals surface area contributed by atoms with Gasteiger partial charge in [0.1, 0.15) is 5.69 Å². The molecular formula is C22H28N4O2. The van der Waals surface area contributed by atoms with Crippen LogP contribution in [0.25, 0.3) is 0 Å². The van der Waals surface area contributed by atoms with Gasteiger partial charge in [0.15, 0.2) is 5.82 Å². The third kappa shape index (κ3) is 3.81. The first-order valence-corrected chi connectivity index (χ1v) is 10.4. The molecule has 1 aromatic carbocycles. The fraction of sp³-hybridized carbons (Fsp3) is 0.500. The number of aromatic nitrogens is 2. The van der Waals surface area contributed by atoms with Gasteiger partial charge in [-0.25, -0.2) is 4.98 Å². The van der Waals surface area contributed by atoms with Gasteiger partial charge in [0.2, 0.25) is 0 Å². The van der Waals surface area contributed by atoms with Crippen LogP contribution in [-0.2, 0) is 13.0 Å². The van der Waals surface area contributed by atoms with Crippen molar-refractivity contribution in [3.63, 3.8) is 0 Å². The van der Waals surface area contributed by atoms with Gasteiger partial charge in [-0.05, 0) is 44.6 Å². The number of fused-ring (bicyclic) bond motifs is 1. The van der Waals surface area contributed by atoms with Crippen LogP contribution in [0.5, 0.6) is 0 Å². The van der Waals surface area contributed by atoms with E-state index >= 15 is 0 Å². The van der Waals surface area contributed by atoms with E-state index in [9.17, 15) is 9.59 Å². The van der Waals surface area contributed by atoms with Crippen LogP contribution in [0.15, 0.2) is 30.3 Å². The molecule has 148 valence electrons. The van der Waals surface area contributed by atoms with Gasteiger partial charge >= 0.3 is 0 Å². The lowest BCUT2D eigenvalue weighted by atomic mass is 10.1.